The molecule has 0 radical (unpaired) electrons. The zero-order valence-electron chi connectivity index (χ0n) is 14.4. The van der Waals surface area contributed by atoms with Crippen molar-refractivity contribution in [2.75, 3.05) is 18.0 Å². The molecular weight excluding hydrogens is 258 g/mol. The molecule has 0 spiro atoms. The van der Waals surface area contributed by atoms with Crippen LogP contribution in [0.3, 0.4) is 0 Å². The Balaban J connectivity index is 2.15. The second-order valence-electron chi connectivity index (χ2n) is 7.39. The first-order valence-electron chi connectivity index (χ1n) is 8.34. The molecule has 1 aliphatic rings. The number of hydrogen-bond donors (Lipinski definition) is 1. The van der Waals surface area contributed by atoms with Crippen molar-refractivity contribution in [3.05, 3.63) is 23.5 Å². The minimum Gasteiger partial charge on any atom is -0.371 e. The number of aryl methyl sites for hydroxylation is 1. The van der Waals surface area contributed by atoms with Gasteiger partial charge in [0.1, 0.15) is 0 Å². The average Bonchev–Trinajstić information content (AvgIpc) is 2.35. The summed E-state index contributed by atoms with van der Waals surface area (Å²) >= 11 is 0. The Morgan fingerprint density at radius 1 is 1.33 bits per heavy atom. The molecular formula is C18H31N3. The van der Waals surface area contributed by atoms with Crippen LogP contribution < -0.4 is 10.2 Å². The van der Waals surface area contributed by atoms with E-state index in [0.717, 1.165) is 24.7 Å². The quantitative estimate of drug-likeness (QED) is 0.860. The number of nitrogens with zero attached hydrogens (tertiary/aromatic N) is 2. The third kappa shape index (κ3) is 4.70. The molecule has 0 aliphatic heterocycles. The molecule has 0 aromatic carbocycles. The van der Waals surface area contributed by atoms with Crippen molar-refractivity contribution >= 4 is 5.69 Å². The average molecular weight is 289 g/mol. The van der Waals surface area contributed by atoms with Gasteiger partial charge >= 0.3 is 0 Å². The minimum absolute atomic E-state index is 0.132. The van der Waals surface area contributed by atoms with Crippen molar-refractivity contribution in [1.82, 2.24) is 10.3 Å². The van der Waals surface area contributed by atoms with Crippen LogP contribution in [0.2, 0.25) is 0 Å². The Bertz CT molecular complexity index is 458. The van der Waals surface area contributed by atoms with Crippen LogP contribution in [0.5, 0.6) is 0 Å². The number of rotatable bonds is 6. The van der Waals surface area contributed by atoms with Gasteiger partial charge in [0, 0.05) is 48.3 Å². The summed E-state index contributed by atoms with van der Waals surface area (Å²) in [5, 5.41) is 3.59. The Hall–Kier alpha value is -1.09. The minimum atomic E-state index is 0.132. The van der Waals surface area contributed by atoms with Gasteiger partial charge in [-0.25, -0.2) is 0 Å². The van der Waals surface area contributed by atoms with Gasteiger partial charge in [-0.2, -0.15) is 0 Å². The van der Waals surface area contributed by atoms with Crippen LogP contribution in [0.4, 0.5) is 5.69 Å². The van der Waals surface area contributed by atoms with Crippen LogP contribution in [0.15, 0.2) is 12.3 Å². The predicted molar refractivity (Wildman–Crippen MR) is 90.8 cm³/mol. The zero-order chi connectivity index (χ0) is 15.5. The van der Waals surface area contributed by atoms with E-state index in [9.17, 15) is 0 Å². The molecule has 0 bridgehead atoms. The molecule has 1 N–H and O–H groups in total. The van der Waals surface area contributed by atoms with E-state index in [2.05, 4.69) is 55.9 Å². The topological polar surface area (TPSA) is 28.2 Å². The fourth-order valence-corrected chi connectivity index (χ4v) is 2.75. The van der Waals surface area contributed by atoms with E-state index in [0.29, 0.717) is 0 Å². The van der Waals surface area contributed by atoms with Crippen molar-refractivity contribution < 1.29 is 0 Å². The molecule has 3 nitrogen and oxygen atoms in total. The van der Waals surface area contributed by atoms with Crippen LogP contribution in [0.1, 0.15) is 58.2 Å². The molecule has 1 heterocycles. The highest BCUT2D eigenvalue weighted by Gasteiger charge is 2.22. The molecule has 0 amide bonds. The first-order valence-corrected chi connectivity index (χ1v) is 8.34. The van der Waals surface area contributed by atoms with Crippen molar-refractivity contribution in [2.24, 2.45) is 5.92 Å². The molecule has 1 aromatic rings. The van der Waals surface area contributed by atoms with E-state index in [1.807, 2.05) is 6.20 Å². The summed E-state index contributed by atoms with van der Waals surface area (Å²) in [5.41, 5.74) is 3.93. The monoisotopic (exact) mass is 289 g/mol. The highest BCUT2D eigenvalue weighted by molar-refractivity contribution is 5.53. The van der Waals surface area contributed by atoms with Gasteiger partial charge in [0.2, 0.25) is 0 Å². The fraction of sp³-hybridized carbons (Fsp3) is 0.722. The summed E-state index contributed by atoms with van der Waals surface area (Å²) in [5.74, 6) is 0.891. The van der Waals surface area contributed by atoms with Crippen LogP contribution >= 0.6 is 0 Å². The van der Waals surface area contributed by atoms with Crippen molar-refractivity contribution in [2.45, 2.75) is 66.0 Å². The van der Waals surface area contributed by atoms with Gasteiger partial charge in [-0.3, -0.25) is 4.98 Å². The summed E-state index contributed by atoms with van der Waals surface area (Å²) < 4.78 is 0. The van der Waals surface area contributed by atoms with Crippen molar-refractivity contribution in [1.29, 1.82) is 0 Å². The summed E-state index contributed by atoms with van der Waals surface area (Å²) in [6, 6.07) is 2.25. The molecule has 1 aliphatic carbocycles. The summed E-state index contributed by atoms with van der Waals surface area (Å²) in [7, 11) is 0. The summed E-state index contributed by atoms with van der Waals surface area (Å²) in [4.78, 5) is 7.04. The molecule has 1 fully saturated rings. The normalized spacial score (nSPS) is 15.9. The van der Waals surface area contributed by atoms with E-state index >= 15 is 0 Å². The van der Waals surface area contributed by atoms with E-state index in [1.165, 1.54) is 37.1 Å². The lowest BCUT2D eigenvalue weighted by Crippen LogP contribution is -2.37. The van der Waals surface area contributed by atoms with Crippen LogP contribution in [0, 0.1) is 12.8 Å². The van der Waals surface area contributed by atoms with E-state index in [1.54, 1.807) is 0 Å². The Kier molecular flexibility index (Phi) is 5.26. The standard InChI is InChI=1S/C18H31N3/c1-6-21(13-15-8-7-9-15)17-10-14(2)19-11-16(17)12-20-18(3,4)5/h10-11,15,20H,6-9,12-13H2,1-5H3. The highest BCUT2D eigenvalue weighted by atomic mass is 15.1. The van der Waals surface area contributed by atoms with Gasteiger partial charge in [-0.15, -0.1) is 0 Å². The summed E-state index contributed by atoms with van der Waals surface area (Å²) in [6.07, 6.45) is 6.26. The SMILES string of the molecule is CCN(CC1CCC1)c1cc(C)ncc1CNC(C)(C)C. The molecule has 118 valence electrons. The lowest BCUT2D eigenvalue weighted by atomic mass is 9.85. The third-order valence-electron chi connectivity index (χ3n) is 4.33. The first kappa shape index (κ1) is 16.3. The Morgan fingerprint density at radius 3 is 2.57 bits per heavy atom. The molecule has 3 heteroatoms. The second kappa shape index (κ2) is 6.78. The van der Waals surface area contributed by atoms with Gasteiger partial charge in [0.05, 0.1) is 0 Å². The first-order chi connectivity index (χ1) is 9.89. The van der Waals surface area contributed by atoms with Crippen molar-refractivity contribution in [3.8, 4) is 0 Å². The molecule has 0 saturated heterocycles. The molecule has 0 atom stereocenters. The molecule has 2 rings (SSSR count). The smallest absolute Gasteiger partial charge is 0.0445 e. The van der Waals surface area contributed by atoms with Crippen LogP contribution in [0.25, 0.3) is 0 Å². The van der Waals surface area contributed by atoms with Crippen LogP contribution in [-0.2, 0) is 6.54 Å². The van der Waals surface area contributed by atoms with Gasteiger partial charge in [0.15, 0.2) is 0 Å². The Morgan fingerprint density at radius 2 is 2.05 bits per heavy atom. The number of aromatic nitrogens is 1. The molecule has 0 unspecified atom stereocenters. The van der Waals surface area contributed by atoms with E-state index in [4.69, 9.17) is 0 Å². The predicted octanol–water partition coefficient (Wildman–Crippen LogP) is 3.90. The summed E-state index contributed by atoms with van der Waals surface area (Å²) in [6.45, 7) is 14.1. The number of hydrogen-bond acceptors (Lipinski definition) is 3. The van der Waals surface area contributed by atoms with Crippen molar-refractivity contribution in [3.63, 3.8) is 0 Å². The lowest BCUT2D eigenvalue weighted by Gasteiger charge is -2.34. The van der Waals surface area contributed by atoms with Gasteiger partial charge in [0.25, 0.3) is 0 Å². The third-order valence-corrected chi connectivity index (χ3v) is 4.33. The van der Waals surface area contributed by atoms with E-state index < -0.39 is 0 Å². The zero-order valence-corrected chi connectivity index (χ0v) is 14.4. The maximum atomic E-state index is 4.50. The number of pyridine rings is 1. The number of nitrogens with one attached hydrogen (secondary N) is 1. The van der Waals surface area contributed by atoms with Gasteiger partial charge < -0.3 is 10.2 Å². The maximum absolute atomic E-state index is 4.50. The lowest BCUT2D eigenvalue weighted by molar-refractivity contribution is 0.318. The Labute approximate surface area is 130 Å². The van der Waals surface area contributed by atoms with Gasteiger partial charge in [-0.05, 0) is 59.4 Å². The number of anilines is 1. The van der Waals surface area contributed by atoms with Crippen LogP contribution in [-0.4, -0.2) is 23.6 Å². The second-order valence-corrected chi connectivity index (χ2v) is 7.39. The largest absolute Gasteiger partial charge is 0.371 e. The molecule has 1 saturated carbocycles. The molecule has 1 aromatic heterocycles. The fourth-order valence-electron chi connectivity index (χ4n) is 2.75. The maximum Gasteiger partial charge on any atom is 0.0445 e. The van der Waals surface area contributed by atoms with Gasteiger partial charge in [-0.1, -0.05) is 6.42 Å². The molecule has 21 heavy (non-hydrogen) atoms. The van der Waals surface area contributed by atoms with E-state index in [-0.39, 0.29) is 5.54 Å². The highest BCUT2D eigenvalue weighted by Crippen LogP contribution is 2.30.